The van der Waals surface area contributed by atoms with Crippen molar-refractivity contribution in [3.05, 3.63) is 29.8 Å². The lowest BCUT2D eigenvalue weighted by Crippen LogP contribution is -2.15. The number of rotatable bonds is 11. The number of benzene rings is 1. The lowest BCUT2D eigenvalue weighted by atomic mass is 9.78. The zero-order valence-corrected chi connectivity index (χ0v) is 17.8. The van der Waals surface area contributed by atoms with Crippen LogP contribution < -0.4 is 0 Å². The first kappa shape index (κ1) is 23.5. The van der Waals surface area contributed by atoms with Gasteiger partial charge in [0.1, 0.15) is 4.90 Å². The molecule has 1 aliphatic carbocycles. The van der Waals surface area contributed by atoms with Crippen LogP contribution in [0.25, 0.3) is 0 Å². The number of aryl methyl sites for hydroxylation is 1. The first-order valence-corrected chi connectivity index (χ1v) is 12.8. The van der Waals surface area contributed by atoms with Gasteiger partial charge < -0.3 is 0 Å². The second kappa shape index (κ2) is 8.93. The molecule has 1 aliphatic rings. The van der Waals surface area contributed by atoms with Crippen LogP contribution in [0, 0.1) is 11.8 Å². The Morgan fingerprint density at radius 3 is 1.75 bits per heavy atom. The molecule has 1 aromatic rings. The molecule has 0 atom stereocenters. The fourth-order valence-corrected chi connectivity index (χ4v) is 4.96. The molecule has 0 radical (unpaired) electrons. The SMILES string of the molecule is CCCCCCCCC1CCC(CCc2ccc(S(F)(F)(F)(F)F)cc2)CC1. The van der Waals surface area contributed by atoms with Gasteiger partial charge in [0.05, 0.1) is 0 Å². The second-order valence-electron chi connectivity index (χ2n) is 8.59. The van der Waals surface area contributed by atoms with Crippen molar-refractivity contribution >= 4 is 10.2 Å². The van der Waals surface area contributed by atoms with Gasteiger partial charge in [0.25, 0.3) is 0 Å². The molecule has 0 spiro atoms. The maximum atomic E-state index is 12.8. The van der Waals surface area contributed by atoms with Crippen molar-refractivity contribution in [3.8, 4) is 0 Å². The Balaban J connectivity index is 1.66. The minimum Gasteiger partial charge on any atom is -0.0936 e. The van der Waals surface area contributed by atoms with E-state index in [1.807, 2.05) is 0 Å². The van der Waals surface area contributed by atoms with Crippen molar-refractivity contribution in [3.63, 3.8) is 0 Å². The van der Waals surface area contributed by atoms with E-state index in [1.165, 1.54) is 82.8 Å². The van der Waals surface area contributed by atoms with E-state index in [2.05, 4.69) is 6.92 Å². The van der Waals surface area contributed by atoms with Gasteiger partial charge in [-0.05, 0) is 42.4 Å². The number of unbranched alkanes of at least 4 members (excludes halogenated alkanes) is 5. The number of hydrogen-bond donors (Lipinski definition) is 0. The maximum absolute atomic E-state index is 12.8. The predicted molar refractivity (Wildman–Crippen MR) is 110 cm³/mol. The van der Waals surface area contributed by atoms with Gasteiger partial charge in [0, 0.05) is 0 Å². The Kier molecular flexibility index (Phi) is 7.49. The minimum absolute atomic E-state index is 0.536. The number of hydrogen-bond acceptors (Lipinski definition) is 0. The molecular formula is C22H35F5S. The topological polar surface area (TPSA) is 0 Å². The first-order valence-electron chi connectivity index (χ1n) is 10.8. The summed E-state index contributed by atoms with van der Waals surface area (Å²) in [5.41, 5.74) is 0.708. The second-order valence-corrected chi connectivity index (χ2v) is 11.0. The summed E-state index contributed by atoms with van der Waals surface area (Å²) in [4.78, 5) is -1.79. The van der Waals surface area contributed by atoms with E-state index in [9.17, 15) is 19.4 Å². The van der Waals surface area contributed by atoms with E-state index in [1.54, 1.807) is 0 Å². The quantitative estimate of drug-likeness (QED) is 0.244. The van der Waals surface area contributed by atoms with Gasteiger partial charge in [-0.1, -0.05) is 109 Å². The highest BCUT2D eigenvalue weighted by molar-refractivity contribution is 8.45. The zero-order chi connectivity index (χ0) is 20.7. The van der Waals surface area contributed by atoms with Crippen LogP contribution in [0.4, 0.5) is 19.4 Å². The molecule has 0 aliphatic heterocycles. The average Bonchev–Trinajstić information content (AvgIpc) is 2.62. The van der Waals surface area contributed by atoms with Crippen LogP contribution in [0.5, 0.6) is 0 Å². The molecule has 0 unspecified atom stereocenters. The average molecular weight is 427 g/mol. The van der Waals surface area contributed by atoms with Crippen molar-refractivity contribution in [1.29, 1.82) is 0 Å². The van der Waals surface area contributed by atoms with E-state index in [4.69, 9.17) is 0 Å². The highest BCUT2D eigenvalue weighted by atomic mass is 32.5. The summed E-state index contributed by atoms with van der Waals surface area (Å²) in [6.45, 7) is 2.23. The van der Waals surface area contributed by atoms with Crippen LogP contribution in [0.1, 0.15) is 89.5 Å². The maximum Gasteiger partial charge on any atom is 0.310 e. The normalized spacial score (nSPS) is 23.2. The number of halogens is 5. The highest BCUT2D eigenvalue weighted by Crippen LogP contribution is 3.02. The molecule has 2 rings (SSSR count). The molecule has 0 saturated heterocycles. The van der Waals surface area contributed by atoms with Crippen molar-refractivity contribution in [1.82, 2.24) is 0 Å². The van der Waals surface area contributed by atoms with Crippen LogP contribution in [-0.4, -0.2) is 0 Å². The van der Waals surface area contributed by atoms with Crippen LogP contribution in [0.2, 0.25) is 0 Å². The molecule has 0 heterocycles. The van der Waals surface area contributed by atoms with Crippen LogP contribution in [-0.2, 0) is 6.42 Å². The van der Waals surface area contributed by atoms with E-state index in [-0.39, 0.29) is 0 Å². The molecule has 164 valence electrons. The highest BCUT2D eigenvalue weighted by Gasteiger charge is 2.65. The smallest absolute Gasteiger partial charge is 0.0936 e. The third-order valence-electron chi connectivity index (χ3n) is 6.14. The molecule has 1 aromatic carbocycles. The van der Waals surface area contributed by atoms with Crippen molar-refractivity contribution in [2.75, 3.05) is 0 Å². The Labute approximate surface area is 167 Å². The van der Waals surface area contributed by atoms with Gasteiger partial charge in [-0.2, -0.15) is 0 Å². The van der Waals surface area contributed by atoms with Gasteiger partial charge in [-0.15, -0.1) is 0 Å². The Morgan fingerprint density at radius 2 is 1.21 bits per heavy atom. The third kappa shape index (κ3) is 8.30. The van der Waals surface area contributed by atoms with Crippen molar-refractivity contribution < 1.29 is 19.4 Å². The lowest BCUT2D eigenvalue weighted by Gasteiger charge is -2.40. The Morgan fingerprint density at radius 1 is 0.714 bits per heavy atom. The van der Waals surface area contributed by atoms with Crippen LogP contribution >= 0.6 is 10.2 Å². The molecule has 28 heavy (non-hydrogen) atoms. The Hall–Kier alpha value is -0.780. The minimum atomic E-state index is -9.55. The van der Waals surface area contributed by atoms with E-state index in [0.717, 1.165) is 12.3 Å². The van der Waals surface area contributed by atoms with Gasteiger partial charge >= 0.3 is 10.2 Å². The van der Waals surface area contributed by atoms with Crippen molar-refractivity contribution in [2.45, 2.75) is 95.3 Å². The zero-order valence-electron chi connectivity index (χ0n) is 17.0. The van der Waals surface area contributed by atoms with Gasteiger partial charge in [-0.25, -0.2) is 0 Å². The largest absolute Gasteiger partial charge is 0.310 e. The lowest BCUT2D eigenvalue weighted by molar-refractivity contribution is 0.248. The van der Waals surface area contributed by atoms with E-state index >= 15 is 0 Å². The molecule has 0 aromatic heterocycles. The summed E-state index contributed by atoms with van der Waals surface area (Å²) in [5.74, 6) is 1.44. The Bertz CT molecular complexity index is 585. The summed E-state index contributed by atoms with van der Waals surface area (Å²) in [6, 6.07) is 3.48. The molecule has 1 fully saturated rings. The fraction of sp³-hybridized carbons (Fsp3) is 0.727. The third-order valence-corrected chi connectivity index (χ3v) is 7.31. The van der Waals surface area contributed by atoms with Gasteiger partial charge in [-0.3, -0.25) is 0 Å². The molecular weight excluding hydrogens is 391 g/mol. The molecule has 0 N–H and O–H groups in total. The predicted octanol–water partition coefficient (Wildman–Crippen LogP) is 9.83. The molecule has 1 saturated carbocycles. The summed E-state index contributed by atoms with van der Waals surface area (Å²) in [6.07, 6.45) is 15.8. The summed E-state index contributed by atoms with van der Waals surface area (Å²) in [7, 11) is -9.55. The van der Waals surface area contributed by atoms with Crippen molar-refractivity contribution in [2.24, 2.45) is 11.8 Å². The summed E-state index contributed by atoms with van der Waals surface area (Å²) < 4.78 is 63.8. The van der Waals surface area contributed by atoms with Crippen LogP contribution in [0.15, 0.2) is 29.2 Å². The molecule has 0 nitrogen and oxygen atoms in total. The van der Waals surface area contributed by atoms with E-state index in [0.29, 0.717) is 30.0 Å². The standard InChI is InChI=1S/C22H35F5S/c1-2-3-4-5-6-7-8-19-9-11-20(12-10-19)13-14-21-15-17-22(18-16-21)28(23,24,25,26)27/h15-20H,2-14H2,1H3. The monoisotopic (exact) mass is 426 g/mol. The summed E-state index contributed by atoms with van der Waals surface area (Å²) in [5, 5.41) is 0. The van der Waals surface area contributed by atoms with Gasteiger partial charge in [0.15, 0.2) is 0 Å². The molecule has 0 amide bonds. The van der Waals surface area contributed by atoms with Crippen LogP contribution in [0.3, 0.4) is 0 Å². The van der Waals surface area contributed by atoms with Gasteiger partial charge in [0.2, 0.25) is 0 Å². The molecule has 0 bridgehead atoms. The summed E-state index contributed by atoms with van der Waals surface area (Å²) >= 11 is 0. The fourth-order valence-electron chi connectivity index (χ4n) is 4.31. The van der Waals surface area contributed by atoms with E-state index < -0.39 is 15.1 Å². The first-order chi connectivity index (χ1) is 13.0. The molecule has 6 heteroatoms.